The molecule has 1 aromatic carbocycles. The van der Waals surface area contributed by atoms with Crippen LogP contribution in [0.3, 0.4) is 0 Å². The van der Waals surface area contributed by atoms with Crippen LogP contribution in [0.25, 0.3) is 6.08 Å². The molecule has 0 fully saturated rings. The Balaban J connectivity index is 1.73. The Kier molecular flexibility index (Phi) is 7.23. The SMILES string of the molecule is C=Cc1ccc(CSc2nnc(CCCCCCC)o2)cc1. The largest absolute Gasteiger partial charge is 0.416 e. The molecule has 0 atom stereocenters. The Bertz CT molecular complexity index is 563. The zero-order valence-corrected chi connectivity index (χ0v) is 14.1. The summed E-state index contributed by atoms with van der Waals surface area (Å²) in [5, 5.41) is 8.90. The first-order valence-corrected chi connectivity index (χ1v) is 8.97. The summed E-state index contributed by atoms with van der Waals surface area (Å²) < 4.78 is 5.68. The summed E-state index contributed by atoms with van der Waals surface area (Å²) in [7, 11) is 0. The molecule has 0 radical (unpaired) electrons. The van der Waals surface area contributed by atoms with E-state index in [2.05, 4.69) is 48.0 Å². The zero-order chi connectivity index (χ0) is 15.6. The van der Waals surface area contributed by atoms with E-state index in [9.17, 15) is 0 Å². The van der Waals surface area contributed by atoms with Crippen LogP contribution in [0.15, 0.2) is 40.5 Å². The summed E-state index contributed by atoms with van der Waals surface area (Å²) in [6.07, 6.45) is 9.01. The van der Waals surface area contributed by atoms with E-state index in [-0.39, 0.29) is 0 Å². The van der Waals surface area contributed by atoms with E-state index < -0.39 is 0 Å². The van der Waals surface area contributed by atoms with Gasteiger partial charge in [0.25, 0.3) is 5.22 Å². The highest BCUT2D eigenvalue weighted by molar-refractivity contribution is 7.98. The monoisotopic (exact) mass is 316 g/mol. The van der Waals surface area contributed by atoms with Crippen LogP contribution in [0.4, 0.5) is 0 Å². The van der Waals surface area contributed by atoms with Gasteiger partial charge in [0.15, 0.2) is 0 Å². The molecule has 2 rings (SSSR count). The minimum absolute atomic E-state index is 0.663. The second-order valence-electron chi connectivity index (χ2n) is 5.36. The molecule has 4 heteroatoms. The number of benzene rings is 1. The van der Waals surface area contributed by atoms with Gasteiger partial charge in [0.05, 0.1) is 0 Å². The summed E-state index contributed by atoms with van der Waals surface area (Å²) in [6.45, 7) is 5.99. The average molecular weight is 316 g/mol. The number of aromatic nitrogens is 2. The Morgan fingerprint density at radius 3 is 2.59 bits per heavy atom. The molecule has 0 amide bonds. The smallest absolute Gasteiger partial charge is 0.276 e. The summed E-state index contributed by atoms with van der Waals surface area (Å²) >= 11 is 1.59. The van der Waals surface area contributed by atoms with Crippen molar-refractivity contribution in [3.8, 4) is 0 Å². The zero-order valence-electron chi connectivity index (χ0n) is 13.3. The first-order chi connectivity index (χ1) is 10.8. The van der Waals surface area contributed by atoms with Crippen molar-refractivity contribution in [1.82, 2.24) is 10.2 Å². The summed E-state index contributed by atoms with van der Waals surface area (Å²) in [5.41, 5.74) is 2.38. The minimum atomic E-state index is 0.663. The molecular weight excluding hydrogens is 292 g/mol. The van der Waals surface area contributed by atoms with Gasteiger partial charge in [-0.05, 0) is 17.5 Å². The first kappa shape index (κ1) is 16.8. The van der Waals surface area contributed by atoms with E-state index in [1.165, 1.54) is 31.2 Å². The molecule has 0 aliphatic carbocycles. The lowest BCUT2D eigenvalue weighted by Crippen LogP contribution is -1.86. The highest BCUT2D eigenvalue weighted by Gasteiger charge is 2.06. The predicted octanol–water partition coefficient (Wildman–Crippen LogP) is 5.52. The topological polar surface area (TPSA) is 38.9 Å². The van der Waals surface area contributed by atoms with Crippen LogP contribution in [-0.2, 0) is 12.2 Å². The standard InChI is InChI=1S/C18H24N2OS/c1-3-5-6-7-8-9-17-19-20-18(21-17)22-14-16-12-10-15(4-2)11-13-16/h4,10-13H,2-3,5-9,14H2,1H3. The number of hydrogen-bond donors (Lipinski definition) is 0. The van der Waals surface area contributed by atoms with Crippen molar-refractivity contribution in [3.63, 3.8) is 0 Å². The third-order valence-electron chi connectivity index (χ3n) is 3.52. The van der Waals surface area contributed by atoms with Crippen LogP contribution in [-0.4, -0.2) is 10.2 Å². The summed E-state index contributed by atoms with van der Waals surface area (Å²) in [4.78, 5) is 0. The molecule has 118 valence electrons. The highest BCUT2D eigenvalue weighted by atomic mass is 32.2. The third-order valence-corrected chi connectivity index (χ3v) is 4.41. The number of nitrogens with zero attached hydrogens (tertiary/aromatic N) is 2. The van der Waals surface area contributed by atoms with Crippen LogP contribution < -0.4 is 0 Å². The molecule has 1 aromatic heterocycles. The van der Waals surface area contributed by atoms with Gasteiger partial charge < -0.3 is 4.42 Å². The van der Waals surface area contributed by atoms with E-state index >= 15 is 0 Å². The normalized spacial score (nSPS) is 10.8. The summed E-state index contributed by atoms with van der Waals surface area (Å²) in [6, 6.07) is 8.35. The number of aryl methyl sites for hydroxylation is 1. The maximum atomic E-state index is 5.68. The molecular formula is C18H24N2OS. The van der Waals surface area contributed by atoms with E-state index in [1.807, 2.05) is 6.08 Å². The van der Waals surface area contributed by atoms with Gasteiger partial charge in [-0.1, -0.05) is 81.3 Å². The van der Waals surface area contributed by atoms with E-state index in [1.54, 1.807) is 11.8 Å². The molecule has 22 heavy (non-hydrogen) atoms. The predicted molar refractivity (Wildman–Crippen MR) is 92.9 cm³/mol. The van der Waals surface area contributed by atoms with Crippen molar-refractivity contribution in [2.24, 2.45) is 0 Å². The lowest BCUT2D eigenvalue weighted by atomic mass is 10.1. The quantitative estimate of drug-likeness (QED) is 0.427. The van der Waals surface area contributed by atoms with Crippen LogP contribution in [0, 0.1) is 0 Å². The van der Waals surface area contributed by atoms with E-state index in [4.69, 9.17) is 4.42 Å². The fraction of sp³-hybridized carbons (Fsp3) is 0.444. The van der Waals surface area contributed by atoms with Gasteiger partial charge in [-0.15, -0.1) is 10.2 Å². The van der Waals surface area contributed by atoms with Gasteiger partial charge >= 0.3 is 0 Å². The Labute approximate surface area is 137 Å². The van der Waals surface area contributed by atoms with Crippen molar-refractivity contribution in [3.05, 3.63) is 47.9 Å². The minimum Gasteiger partial charge on any atom is -0.416 e. The lowest BCUT2D eigenvalue weighted by molar-refractivity contribution is 0.406. The highest BCUT2D eigenvalue weighted by Crippen LogP contribution is 2.22. The molecule has 1 heterocycles. The maximum absolute atomic E-state index is 5.68. The second-order valence-corrected chi connectivity index (χ2v) is 6.29. The van der Waals surface area contributed by atoms with Crippen LogP contribution >= 0.6 is 11.8 Å². The van der Waals surface area contributed by atoms with Crippen LogP contribution in [0.5, 0.6) is 0 Å². The molecule has 3 nitrogen and oxygen atoms in total. The van der Waals surface area contributed by atoms with Gasteiger partial charge in [-0.2, -0.15) is 0 Å². The Morgan fingerprint density at radius 2 is 1.86 bits per heavy atom. The molecule has 0 unspecified atom stereocenters. The van der Waals surface area contributed by atoms with Crippen molar-refractivity contribution in [2.75, 3.05) is 0 Å². The lowest BCUT2D eigenvalue weighted by Gasteiger charge is -1.99. The molecule has 0 N–H and O–H groups in total. The van der Waals surface area contributed by atoms with Gasteiger partial charge in [-0.3, -0.25) is 0 Å². The van der Waals surface area contributed by atoms with Crippen molar-refractivity contribution in [1.29, 1.82) is 0 Å². The van der Waals surface area contributed by atoms with Gasteiger partial charge in [0, 0.05) is 12.2 Å². The van der Waals surface area contributed by atoms with Crippen LogP contribution in [0.2, 0.25) is 0 Å². The Hall–Kier alpha value is -1.55. The van der Waals surface area contributed by atoms with Crippen molar-refractivity contribution >= 4 is 17.8 Å². The average Bonchev–Trinajstić information content (AvgIpc) is 3.01. The van der Waals surface area contributed by atoms with E-state index in [0.717, 1.165) is 30.0 Å². The molecule has 0 saturated heterocycles. The van der Waals surface area contributed by atoms with Gasteiger partial charge in [-0.25, -0.2) is 0 Å². The number of rotatable bonds is 10. The molecule has 0 saturated carbocycles. The fourth-order valence-corrected chi connectivity index (χ4v) is 2.91. The van der Waals surface area contributed by atoms with Crippen molar-refractivity contribution < 1.29 is 4.42 Å². The molecule has 0 bridgehead atoms. The Morgan fingerprint density at radius 1 is 1.09 bits per heavy atom. The van der Waals surface area contributed by atoms with Crippen molar-refractivity contribution in [2.45, 2.75) is 56.4 Å². The number of hydrogen-bond acceptors (Lipinski definition) is 4. The van der Waals surface area contributed by atoms with Gasteiger partial charge in [0.2, 0.25) is 5.89 Å². The summed E-state index contributed by atoms with van der Waals surface area (Å²) in [5.74, 6) is 1.61. The molecule has 0 spiro atoms. The first-order valence-electron chi connectivity index (χ1n) is 7.98. The van der Waals surface area contributed by atoms with E-state index in [0.29, 0.717) is 5.22 Å². The fourth-order valence-electron chi connectivity index (χ4n) is 2.17. The van der Waals surface area contributed by atoms with Gasteiger partial charge in [0.1, 0.15) is 0 Å². The molecule has 2 aromatic rings. The number of thioether (sulfide) groups is 1. The van der Waals surface area contributed by atoms with Crippen LogP contribution in [0.1, 0.15) is 56.0 Å². The maximum Gasteiger partial charge on any atom is 0.276 e. The third kappa shape index (κ3) is 5.68. The molecule has 0 aliphatic rings. The second kappa shape index (κ2) is 9.46. The number of unbranched alkanes of at least 4 members (excludes halogenated alkanes) is 4. The molecule has 0 aliphatic heterocycles.